The van der Waals surface area contributed by atoms with Gasteiger partial charge in [0.2, 0.25) is 0 Å². The highest BCUT2D eigenvalue weighted by Gasteiger charge is 2.60. The van der Waals surface area contributed by atoms with Crippen molar-refractivity contribution in [3.8, 4) is 0 Å². The fraction of sp³-hybridized carbons (Fsp3) is 0.818. The maximum atomic E-state index is 2.65. The van der Waals surface area contributed by atoms with E-state index < -0.39 is 0 Å². The lowest BCUT2D eigenvalue weighted by Gasteiger charge is -2.38. The summed E-state index contributed by atoms with van der Waals surface area (Å²) in [6.07, 6.45) is 21.3. The van der Waals surface area contributed by atoms with Gasteiger partial charge in [-0.25, -0.2) is 0 Å². The molecule has 4 fully saturated rings. The Balaban J connectivity index is 1.11. The molecular formula is C22H31P. The molecule has 0 radical (unpaired) electrons. The Kier molecular flexibility index (Phi) is 3.05. The van der Waals surface area contributed by atoms with Crippen LogP contribution in [0.4, 0.5) is 0 Å². The largest absolute Gasteiger partial charge is 0.109 e. The summed E-state index contributed by atoms with van der Waals surface area (Å²) in [6.45, 7) is 2.65. The molecule has 0 saturated heterocycles. The summed E-state index contributed by atoms with van der Waals surface area (Å²) in [5.41, 5.74) is 0. The van der Waals surface area contributed by atoms with Crippen LogP contribution in [-0.4, -0.2) is 19.0 Å². The highest BCUT2D eigenvalue weighted by atomic mass is 31.1. The van der Waals surface area contributed by atoms with Crippen LogP contribution in [0.3, 0.4) is 0 Å². The second kappa shape index (κ2) is 4.97. The molecule has 0 aromatic rings. The number of hydrogen-bond donors (Lipinski definition) is 0. The summed E-state index contributed by atoms with van der Waals surface area (Å²) in [5.74, 6) is 10.7. The molecule has 6 rings (SSSR count). The highest BCUT2D eigenvalue weighted by Crippen LogP contribution is 2.68. The Morgan fingerprint density at radius 2 is 1.52 bits per heavy atom. The van der Waals surface area contributed by atoms with E-state index in [0.29, 0.717) is 7.92 Å². The fourth-order valence-electron chi connectivity index (χ4n) is 8.34. The first-order chi connectivity index (χ1) is 11.3. The molecule has 11 atom stereocenters. The molecule has 1 heteroatoms. The number of hydrogen-bond acceptors (Lipinski definition) is 0. The summed E-state index contributed by atoms with van der Waals surface area (Å²) in [6, 6.07) is 0. The van der Waals surface area contributed by atoms with Gasteiger partial charge in [0.05, 0.1) is 0 Å². The summed E-state index contributed by atoms with van der Waals surface area (Å²) in [5, 5.41) is 0. The zero-order valence-electron chi connectivity index (χ0n) is 14.5. The second-order valence-corrected chi connectivity index (χ2v) is 12.5. The van der Waals surface area contributed by atoms with Gasteiger partial charge in [0, 0.05) is 0 Å². The second-order valence-electron chi connectivity index (χ2n) is 10.0. The first kappa shape index (κ1) is 14.1. The van der Waals surface area contributed by atoms with Gasteiger partial charge in [0.1, 0.15) is 0 Å². The first-order valence-corrected chi connectivity index (χ1v) is 12.5. The van der Waals surface area contributed by atoms with Gasteiger partial charge in [0.25, 0.3) is 0 Å². The highest BCUT2D eigenvalue weighted by molar-refractivity contribution is 7.56. The van der Waals surface area contributed by atoms with E-state index in [4.69, 9.17) is 0 Å². The summed E-state index contributed by atoms with van der Waals surface area (Å²) >= 11 is 0. The third-order valence-electron chi connectivity index (χ3n) is 8.92. The molecule has 6 aliphatic carbocycles. The molecule has 0 spiro atoms. The molecule has 0 N–H and O–H groups in total. The van der Waals surface area contributed by atoms with Crippen LogP contribution in [0.2, 0.25) is 0 Å². The van der Waals surface area contributed by atoms with Crippen molar-refractivity contribution in [2.45, 2.75) is 32.1 Å². The van der Waals surface area contributed by atoms with Crippen molar-refractivity contribution in [3.05, 3.63) is 24.3 Å². The van der Waals surface area contributed by atoms with E-state index in [0.717, 1.165) is 59.2 Å². The Labute approximate surface area is 142 Å². The summed E-state index contributed by atoms with van der Waals surface area (Å²) < 4.78 is 0. The van der Waals surface area contributed by atoms with E-state index in [1.807, 2.05) is 0 Å². The monoisotopic (exact) mass is 326 g/mol. The van der Waals surface area contributed by atoms with Crippen LogP contribution in [0.1, 0.15) is 32.1 Å². The quantitative estimate of drug-likeness (QED) is 0.368. The van der Waals surface area contributed by atoms with Crippen molar-refractivity contribution in [1.29, 1.82) is 0 Å². The van der Waals surface area contributed by atoms with E-state index in [2.05, 4.69) is 31.0 Å². The molecule has 4 saturated carbocycles. The van der Waals surface area contributed by atoms with Crippen LogP contribution in [0.25, 0.3) is 0 Å². The van der Waals surface area contributed by atoms with Crippen LogP contribution in [-0.2, 0) is 0 Å². The average molecular weight is 326 g/mol. The Hall–Kier alpha value is -0.0900. The van der Waals surface area contributed by atoms with Crippen molar-refractivity contribution in [2.24, 2.45) is 59.2 Å². The molecule has 0 aromatic heterocycles. The van der Waals surface area contributed by atoms with E-state index >= 15 is 0 Å². The maximum Gasteiger partial charge on any atom is -0.0194 e. The minimum atomic E-state index is 0.297. The Morgan fingerprint density at radius 3 is 2.30 bits per heavy atom. The van der Waals surface area contributed by atoms with Crippen molar-refractivity contribution in [2.75, 3.05) is 19.0 Å². The van der Waals surface area contributed by atoms with Crippen LogP contribution in [0.5, 0.6) is 0 Å². The SMILES string of the molecule is CP(CC1CC2C=CC1C2)CC1CC2CC1C1C3C=CC(C3)C21. The first-order valence-electron chi connectivity index (χ1n) is 10.3. The van der Waals surface area contributed by atoms with Crippen molar-refractivity contribution in [3.63, 3.8) is 0 Å². The molecule has 6 aliphatic rings. The lowest BCUT2D eigenvalue weighted by molar-refractivity contribution is 0.161. The van der Waals surface area contributed by atoms with Crippen LogP contribution < -0.4 is 0 Å². The maximum absolute atomic E-state index is 2.65. The van der Waals surface area contributed by atoms with E-state index in [-0.39, 0.29) is 0 Å². The lowest BCUT2D eigenvalue weighted by atomic mass is 9.70. The number of allylic oxidation sites excluding steroid dienone is 4. The number of rotatable bonds is 4. The topological polar surface area (TPSA) is 0 Å². The normalized spacial score (nSPS) is 58.5. The van der Waals surface area contributed by atoms with Crippen LogP contribution in [0.15, 0.2) is 24.3 Å². The molecular weight excluding hydrogens is 295 g/mol. The predicted molar refractivity (Wildman–Crippen MR) is 98.8 cm³/mol. The van der Waals surface area contributed by atoms with Crippen LogP contribution >= 0.6 is 7.92 Å². The van der Waals surface area contributed by atoms with Gasteiger partial charge in [-0.05, 0) is 110 Å². The van der Waals surface area contributed by atoms with Gasteiger partial charge < -0.3 is 0 Å². The van der Waals surface area contributed by atoms with Crippen molar-refractivity contribution < 1.29 is 0 Å². The molecule has 0 nitrogen and oxygen atoms in total. The molecule has 0 aliphatic heterocycles. The third kappa shape index (κ3) is 2.00. The van der Waals surface area contributed by atoms with Gasteiger partial charge in [-0.1, -0.05) is 24.3 Å². The minimum absolute atomic E-state index is 0.297. The smallest absolute Gasteiger partial charge is 0.0194 e. The molecule has 23 heavy (non-hydrogen) atoms. The van der Waals surface area contributed by atoms with Crippen molar-refractivity contribution in [1.82, 2.24) is 0 Å². The van der Waals surface area contributed by atoms with Gasteiger partial charge in [-0.2, -0.15) is 0 Å². The van der Waals surface area contributed by atoms with Crippen molar-refractivity contribution >= 4 is 7.92 Å². The van der Waals surface area contributed by atoms with Gasteiger partial charge in [-0.15, -0.1) is 7.92 Å². The van der Waals surface area contributed by atoms with Gasteiger partial charge in [-0.3, -0.25) is 0 Å². The molecule has 0 heterocycles. The summed E-state index contributed by atoms with van der Waals surface area (Å²) in [7, 11) is 0.297. The predicted octanol–water partition coefficient (Wildman–Crippen LogP) is 5.40. The molecule has 6 bridgehead atoms. The fourth-order valence-corrected chi connectivity index (χ4v) is 10.9. The van der Waals surface area contributed by atoms with E-state index in [9.17, 15) is 0 Å². The van der Waals surface area contributed by atoms with Gasteiger partial charge in [0.15, 0.2) is 0 Å². The van der Waals surface area contributed by atoms with E-state index in [1.165, 1.54) is 19.3 Å². The lowest BCUT2D eigenvalue weighted by Crippen LogP contribution is -2.32. The molecule has 0 aromatic carbocycles. The zero-order chi connectivity index (χ0) is 15.1. The minimum Gasteiger partial charge on any atom is -0.109 e. The zero-order valence-corrected chi connectivity index (χ0v) is 15.4. The Morgan fingerprint density at radius 1 is 0.739 bits per heavy atom. The molecule has 124 valence electrons. The average Bonchev–Trinajstić information content (AvgIpc) is 3.32. The molecule has 11 unspecified atom stereocenters. The standard InChI is InChI=1S/C22H31P/c1-23(11-18-7-13-2-3-14(18)6-13)12-19-9-17-10-20(19)22-16-5-4-15(8-16)21(17)22/h2-5,13-22H,6-12H2,1H3. The third-order valence-corrected chi connectivity index (χ3v) is 11.1. The van der Waals surface area contributed by atoms with Gasteiger partial charge >= 0.3 is 0 Å². The molecule has 0 amide bonds. The number of fused-ring (bicyclic) bond motifs is 11. The van der Waals surface area contributed by atoms with Crippen LogP contribution in [0, 0.1) is 59.2 Å². The summed E-state index contributed by atoms with van der Waals surface area (Å²) in [4.78, 5) is 0. The van der Waals surface area contributed by atoms with E-state index in [1.54, 1.807) is 25.2 Å². The Bertz CT molecular complexity index is 562.